The fourth-order valence-corrected chi connectivity index (χ4v) is 13.3. The van der Waals surface area contributed by atoms with E-state index in [0.717, 1.165) is 189 Å². The summed E-state index contributed by atoms with van der Waals surface area (Å²) in [4.78, 5) is 54.8. The van der Waals surface area contributed by atoms with Gasteiger partial charge in [0.15, 0.2) is 34.9 Å². The van der Waals surface area contributed by atoms with E-state index in [-0.39, 0.29) is 0 Å². The Hall–Kier alpha value is -14.5. The summed E-state index contributed by atoms with van der Waals surface area (Å²) in [7, 11) is 0. The molecule has 580 valence electrons. The van der Waals surface area contributed by atoms with Crippen LogP contribution in [0.15, 0.2) is 246 Å². The van der Waals surface area contributed by atoms with Gasteiger partial charge >= 0.3 is 0 Å². The summed E-state index contributed by atoms with van der Waals surface area (Å²) in [6, 6.07) is 73.2. The Morgan fingerprint density at radius 3 is 1.15 bits per heavy atom. The Kier molecular flexibility index (Phi) is 23.6. The predicted molar refractivity (Wildman–Crippen MR) is 467 cm³/mol. The monoisotopic (exact) mass is 1680 g/mol. The van der Waals surface area contributed by atoms with Crippen molar-refractivity contribution in [2.24, 2.45) is 0 Å². The molecular weight excluding hydrogens is 1600 g/mol. The number of fused-ring (bicyclic) bond motifs is 5. The van der Waals surface area contributed by atoms with E-state index < -0.39 is 0 Å². The van der Waals surface area contributed by atoms with Gasteiger partial charge in [0.05, 0.1) is 68.7 Å². The van der Waals surface area contributed by atoms with Gasteiger partial charge in [-0.2, -0.15) is 35.5 Å². The molecule has 2 aliphatic heterocycles. The average Bonchev–Trinajstić information content (AvgIpc) is 1.55. The van der Waals surface area contributed by atoms with Gasteiger partial charge in [-0.15, -0.1) is 0 Å². The van der Waals surface area contributed by atoms with Crippen molar-refractivity contribution in [3.05, 3.63) is 274 Å². The van der Waals surface area contributed by atoms with E-state index in [4.69, 9.17) is 41.2 Å². The number of hydrogen-bond donors (Lipinski definition) is 11. The van der Waals surface area contributed by atoms with Gasteiger partial charge in [-0.1, -0.05) is 152 Å². The van der Waals surface area contributed by atoms with Gasteiger partial charge in [-0.05, 0) is 113 Å². The number of para-hydroxylation sites is 5. The summed E-state index contributed by atoms with van der Waals surface area (Å²) in [5.41, 5.74) is 10.7. The Morgan fingerprint density at radius 1 is 0.376 bits per heavy atom. The zero-order chi connectivity index (χ0) is 79.8. The number of rotatable bonds is 15. The molecule has 2 aliphatic rings. The van der Waals surface area contributed by atoms with E-state index in [2.05, 4.69) is 149 Å². The highest BCUT2D eigenvalue weighted by Crippen LogP contribution is 2.36. The maximum absolute atomic E-state index is 7.20. The quantitative estimate of drug-likeness (QED) is 0.0425. The maximum Gasteiger partial charge on any atom is 0.247 e. The van der Waals surface area contributed by atoms with Gasteiger partial charge in [0.25, 0.3) is 0 Å². The number of anilines is 12. The van der Waals surface area contributed by atoms with E-state index in [1.54, 1.807) is 6.20 Å². The van der Waals surface area contributed by atoms with Gasteiger partial charge in [-0.3, -0.25) is 25.5 Å². The maximum atomic E-state index is 7.20. The molecule has 2 saturated heterocycles. The number of ether oxygens (including phenoxy) is 1. The largest absolute Gasteiger partial charge is 0.378 e. The number of H-pyrrole nitrogens is 5. The second kappa shape index (κ2) is 36.1. The van der Waals surface area contributed by atoms with Crippen LogP contribution in [0.5, 0.6) is 0 Å². The van der Waals surface area contributed by atoms with Crippen molar-refractivity contribution in [3.63, 3.8) is 0 Å². The minimum absolute atomic E-state index is 0.416. The van der Waals surface area contributed by atoms with Crippen LogP contribution in [0.1, 0.15) is 17.1 Å². The van der Waals surface area contributed by atoms with Gasteiger partial charge in [-0.25, -0.2) is 44.7 Å². The van der Waals surface area contributed by atoms with Crippen LogP contribution in [0.25, 0.3) is 93.5 Å². The Labute approximate surface area is 686 Å². The SMILES string of the molecule is Brc1cn[nH]c1Nc1nc(-c2ccccc2)nc2ccccc12.Cc1[nH]nc(Nc2nc(-c3ccccc3)nc3ccccc23)c1Br.Cc1cc(Nc2nc(N3CCNCC3)nc3ccccc23)n[nH]1.Cc1cc(Nc2nc(N3CCOCC3)nc3ccccc23)n[nH]1.[C-]#[N+]c1cn[nH]c1Nc1nc(-c2ccccc2)nc2ccccc12. The Morgan fingerprint density at radius 2 is 0.752 bits per heavy atom. The number of benzene rings is 8. The van der Waals surface area contributed by atoms with Crippen LogP contribution in [0.4, 0.5) is 75.8 Å². The number of morpholine rings is 1. The number of aryl methyl sites for hydroxylation is 3. The number of halogens is 2. The molecule has 8 aromatic carbocycles. The highest BCUT2D eigenvalue weighted by atomic mass is 79.9. The number of hydrogen-bond acceptors (Lipinski definition) is 24. The van der Waals surface area contributed by atoms with Crippen LogP contribution in [0.3, 0.4) is 0 Å². The highest BCUT2D eigenvalue weighted by Gasteiger charge is 2.22. The number of aromatic nitrogens is 20. The van der Waals surface area contributed by atoms with Crippen LogP contribution in [-0.2, 0) is 4.74 Å². The summed E-state index contributed by atoms with van der Waals surface area (Å²) in [6.45, 7) is 19.9. The summed E-state index contributed by atoms with van der Waals surface area (Å²) >= 11 is 6.99. The zero-order valence-electron chi connectivity index (χ0n) is 63.4. The number of nitrogens with one attached hydrogen (secondary N) is 11. The molecule has 0 atom stereocenters. The molecule has 0 amide bonds. The summed E-state index contributed by atoms with van der Waals surface area (Å²) < 4.78 is 7.15. The number of aromatic amines is 5. The summed E-state index contributed by atoms with van der Waals surface area (Å²) in [5.74, 6) is 10.6. The third-order valence-electron chi connectivity index (χ3n) is 18.6. The van der Waals surface area contributed by atoms with Gasteiger partial charge in [0.2, 0.25) is 17.6 Å². The van der Waals surface area contributed by atoms with Crippen molar-refractivity contribution in [2.45, 2.75) is 20.8 Å². The fourth-order valence-electron chi connectivity index (χ4n) is 12.8. The van der Waals surface area contributed by atoms with Crippen LogP contribution in [-0.4, -0.2) is 153 Å². The summed E-state index contributed by atoms with van der Waals surface area (Å²) in [5, 5.41) is 59.7. The lowest BCUT2D eigenvalue weighted by atomic mass is 10.2. The predicted octanol–water partition coefficient (Wildman–Crippen LogP) is 17.7. The standard InChI is InChI=1S/C18H14BrN5.C18H12N6.C17H12BrN5.C16H19N7.C16H18N6O/c1-11-15(19)18(24-23-11)22-17-13-9-5-6-10-14(13)20-16(21-17)12-7-3-2-4-8-12;1-19-15-11-20-24-18(15)23-17-13-9-5-6-10-14(13)21-16(22-17)12-7-3-2-4-8-12;18-13-10-19-23-17(13)22-16-12-8-4-5-9-14(12)20-15(21-16)11-6-2-1-3-7-11;1-11-10-14(22-21-11)19-15-12-4-2-3-5-13(12)18-16(20-15)23-8-6-17-7-9-23;1-11-10-14(21-20-11)18-15-12-4-2-3-5-13(12)17-16(19-15)22-6-8-23-9-7-22/h2-10H,1H3,(H2,20,21,22,23,24);2-11H,(H2,20,21,22,23,24);1-10H,(H2,19,20,21,22,23);2-5,10,17H,6-9H2,1H3,(H2,18,19,20,21,22);2-5,10H,6-9H2,1H3,(H2,17,18,19,20,21). The molecule has 12 heterocycles. The normalized spacial score (nSPS) is 12.4. The van der Waals surface area contributed by atoms with E-state index in [1.807, 2.05) is 245 Å². The molecule has 11 N–H and O–H groups in total. The first-order valence-corrected chi connectivity index (χ1v) is 39.0. The molecular formula is C85H75Br2N29O. The first-order valence-electron chi connectivity index (χ1n) is 37.5. The first-order chi connectivity index (χ1) is 57.5. The van der Waals surface area contributed by atoms with Crippen LogP contribution in [0.2, 0.25) is 0 Å². The Balaban J connectivity index is 0.000000110. The molecule has 18 aromatic rings. The molecule has 0 saturated carbocycles. The highest BCUT2D eigenvalue weighted by molar-refractivity contribution is 9.11. The molecule has 0 unspecified atom stereocenters. The molecule has 0 radical (unpaired) electrons. The minimum atomic E-state index is 0.416. The van der Waals surface area contributed by atoms with Crippen LogP contribution in [0, 0.1) is 27.3 Å². The molecule has 32 heteroatoms. The van der Waals surface area contributed by atoms with Gasteiger partial charge < -0.3 is 46.4 Å². The average molecular weight is 1680 g/mol. The number of piperazine rings is 1. The smallest absolute Gasteiger partial charge is 0.247 e. The van der Waals surface area contributed by atoms with Gasteiger partial charge in [0, 0.05) is 112 Å². The van der Waals surface area contributed by atoms with E-state index in [0.29, 0.717) is 53.8 Å². The molecule has 10 aromatic heterocycles. The lowest BCUT2D eigenvalue weighted by Crippen LogP contribution is -2.44. The lowest BCUT2D eigenvalue weighted by molar-refractivity contribution is 0.122. The number of nitrogens with zero attached hydrogens (tertiary/aromatic N) is 18. The molecule has 0 bridgehead atoms. The molecule has 0 aliphatic carbocycles. The topological polar surface area (TPSA) is 365 Å². The van der Waals surface area contributed by atoms with Crippen molar-refractivity contribution < 1.29 is 4.74 Å². The second-order valence-electron chi connectivity index (χ2n) is 26.8. The molecule has 2 fully saturated rings. The second-order valence-corrected chi connectivity index (χ2v) is 28.4. The van der Waals surface area contributed by atoms with Crippen molar-refractivity contribution in [3.8, 4) is 34.2 Å². The molecule has 0 spiro atoms. The van der Waals surface area contributed by atoms with Crippen LogP contribution < -0.4 is 41.7 Å². The Bertz CT molecular complexity index is 6340. The fraction of sp³-hybridized carbons (Fsp3) is 0.129. The van der Waals surface area contributed by atoms with Crippen molar-refractivity contribution in [1.82, 2.24) is 106 Å². The van der Waals surface area contributed by atoms with Crippen molar-refractivity contribution >= 4 is 162 Å². The third-order valence-corrected chi connectivity index (χ3v) is 20.2. The lowest BCUT2D eigenvalue weighted by Gasteiger charge is -2.27. The van der Waals surface area contributed by atoms with E-state index >= 15 is 0 Å². The van der Waals surface area contributed by atoms with E-state index in [9.17, 15) is 0 Å². The van der Waals surface area contributed by atoms with Crippen molar-refractivity contribution in [2.75, 3.05) is 88.9 Å². The summed E-state index contributed by atoms with van der Waals surface area (Å²) in [6.07, 6.45) is 3.18. The first kappa shape index (κ1) is 76.5. The molecule has 30 nitrogen and oxygen atoms in total. The zero-order valence-corrected chi connectivity index (χ0v) is 66.6. The van der Waals surface area contributed by atoms with E-state index in [1.165, 1.54) is 6.20 Å². The molecule has 117 heavy (non-hydrogen) atoms. The van der Waals surface area contributed by atoms with Crippen molar-refractivity contribution in [1.29, 1.82) is 0 Å². The minimum Gasteiger partial charge on any atom is -0.378 e. The van der Waals surface area contributed by atoms with Gasteiger partial charge in [0.1, 0.15) is 40.7 Å². The molecule has 20 rings (SSSR count). The van der Waals surface area contributed by atoms with Crippen LogP contribution >= 0.6 is 31.9 Å². The third kappa shape index (κ3) is 18.4.